The molecule has 0 saturated carbocycles. The maximum absolute atomic E-state index is 12.4. The molecule has 1 atom stereocenters. The van der Waals surface area contributed by atoms with Crippen LogP contribution in [0.2, 0.25) is 0 Å². The minimum Gasteiger partial charge on any atom is -0.355 e. The number of aryl methyl sites for hydroxylation is 1. The van der Waals surface area contributed by atoms with Gasteiger partial charge in [0, 0.05) is 18.3 Å². The minimum absolute atomic E-state index is 0.0478. The largest absolute Gasteiger partial charge is 0.355 e. The molecular formula is C17H22N2OS. The Labute approximate surface area is 130 Å². The van der Waals surface area contributed by atoms with Crippen molar-refractivity contribution in [3.63, 3.8) is 0 Å². The summed E-state index contributed by atoms with van der Waals surface area (Å²) in [5.74, 6) is 0.0726. The number of thiazole rings is 1. The van der Waals surface area contributed by atoms with Crippen molar-refractivity contribution in [2.24, 2.45) is 0 Å². The number of nitrogens with one attached hydrogen (secondary N) is 1. The maximum atomic E-state index is 12.4. The lowest BCUT2D eigenvalue weighted by Gasteiger charge is -2.16. The average molecular weight is 302 g/mol. The van der Waals surface area contributed by atoms with Crippen LogP contribution in [0.3, 0.4) is 0 Å². The average Bonchev–Trinajstić information content (AvgIpc) is 2.91. The Morgan fingerprint density at radius 3 is 2.71 bits per heavy atom. The van der Waals surface area contributed by atoms with Gasteiger partial charge in [-0.15, -0.1) is 11.3 Å². The van der Waals surface area contributed by atoms with E-state index in [0.29, 0.717) is 6.54 Å². The highest BCUT2D eigenvalue weighted by molar-refractivity contribution is 7.09. The van der Waals surface area contributed by atoms with E-state index < -0.39 is 0 Å². The van der Waals surface area contributed by atoms with Crippen molar-refractivity contribution in [3.05, 3.63) is 52.0 Å². The molecule has 2 rings (SSSR count). The van der Waals surface area contributed by atoms with Gasteiger partial charge in [0.15, 0.2) is 0 Å². The van der Waals surface area contributed by atoms with Crippen LogP contribution in [0.15, 0.2) is 35.7 Å². The molecule has 0 spiro atoms. The third kappa shape index (κ3) is 4.67. The Kier molecular flexibility index (Phi) is 5.93. The first-order chi connectivity index (χ1) is 10.2. The van der Waals surface area contributed by atoms with Crippen molar-refractivity contribution in [2.75, 3.05) is 6.54 Å². The lowest BCUT2D eigenvalue weighted by atomic mass is 9.93. The summed E-state index contributed by atoms with van der Waals surface area (Å²) < 4.78 is 0. The van der Waals surface area contributed by atoms with Crippen LogP contribution >= 0.6 is 11.3 Å². The molecule has 1 aromatic carbocycles. The van der Waals surface area contributed by atoms with E-state index in [1.807, 2.05) is 37.3 Å². The standard InChI is InChI=1S/C17H22N2OS/c1-3-7-16(14-8-5-4-6-9-14)17(20)18-11-10-15-12-21-13(2)19-15/h4-6,8-9,12,16H,3,7,10-11H2,1-2H3,(H,18,20)/t16-/m1/s1. The van der Waals surface area contributed by atoms with Crippen molar-refractivity contribution in [1.82, 2.24) is 10.3 Å². The second-order valence-electron chi connectivity index (χ2n) is 5.15. The summed E-state index contributed by atoms with van der Waals surface area (Å²) >= 11 is 1.65. The molecule has 0 fully saturated rings. The molecule has 3 nitrogen and oxygen atoms in total. The van der Waals surface area contributed by atoms with E-state index in [2.05, 4.69) is 22.6 Å². The summed E-state index contributed by atoms with van der Waals surface area (Å²) in [5.41, 5.74) is 2.16. The molecule has 4 heteroatoms. The molecule has 2 aromatic rings. The van der Waals surface area contributed by atoms with Gasteiger partial charge in [0.05, 0.1) is 16.6 Å². The van der Waals surface area contributed by atoms with Gasteiger partial charge in [-0.3, -0.25) is 4.79 Å². The highest BCUT2D eigenvalue weighted by atomic mass is 32.1. The topological polar surface area (TPSA) is 42.0 Å². The third-order valence-corrected chi connectivity index (χ3v) is 4.27. The van der Waals surface area contributed by atoms with Crippen LogP contribution in [0, 0.1) is 6.92 Å². The lowest BCUT2D eigenvalue weighted by molar-refractivity contribution is -0.122. The monoisotopic (exact) mass is 302 g/mol. The maximum Gasteiger partial charge on any atom is 0.227 e. The second kappa shape index (κ2) is 7.93. The van der Waals surface area contributed by atoms with Gasteiger partial charge in [-0.05, 0) is 18.9 Å². The molecule has 0 radical (unpaired) electrons. The number of carbonyl (C=O) groups is 1. The lowest BCUT2D eigenvalue weighted by Crippen LogP contribution is -2.31. The zero-order valence-electron chi connectivity index (χ0n) is 12.6. The van der Waals surface area contributed by atoms with Crippen molar-refractivity contribution < 1.29 is 4.79 Å². The predicted octanol–water partition coefficient (Wildman–Crippen LogP) is 3.69. The molecule has 0 aliphatic rings. The number of rotatable bonds is 7. The first-order valence-corrected chi connectivity index (χ1v) is 8.32. The number of aromatic nitrogens is 1. The van der Waals surface area contributed by atoms with Gasteiger partial charge in [0.25, 0.3) is 0 Å². The molecular weight excluding hydrogens is 280 g/mol. The molecule has 0 unspecified atom stereocenters. The number of carbonyl (C=O) groups excluding carboxylic acids is 1. The Bertz CT molecular complexity index is 565. The summed E-state index contributed by atoms with van der Waals surface area (Å²) in [6.45, 7) is 4.76. The molecule has 0 aliphatic heterocycles. The van der Waals surface area contributed by atoms with Gasteiger partial charge < -0.3 is 5.32 Å². The van der Waals surface area contributed by atoms with E-state index in [-0.39, 0.29) is 11.8 Å². The first-order valence-electron chi connectivity index (χ1n) is 7.44. The highest BCUT2D eigenvalue weighted by Crippen LogP contribution is 2.21. The van der Waals surface area contributed by atoms with E-state index >= 15 is 0 Å². The van der Waals surface area contributed by atoms with Crippen molar-refractivity contribution in [1.29, 1.82) is 0 Å². The molecule has 112 valence electrons. The van der Waals surface area contributed by atoms with Crippen molar-refractivity contribution >= 4 is 17.2 Å². The molecule has 0 bridgehead atoms. The molecule has 1 amide bonds. The summed E-state index contributed by atoms with van der Waals surface area (Å²) in [7, 11) is 0. The summed E-state index contributed by atoms with van der Waals surface area (Å²) in [4.78, 5) is 16.8. The number of nitrogens with zero attached hydrogens (tertiary/aromatic N) is 1. The van der Waals surface area contributed by atoms with Crippen LogP contribution in [0.25, 0.3) is 0 Å². The van der Waals surface area contributed by atoms with Crippen LogP contribution in [0.5, 0.6) is 0 Å². The predicted molar refractivity (Wildman–Crippen MR) is 87.7 cm³/mol. The number of benzene rings is 1. The first kappa shape index (κ1) is 15.7. The van der Waals surface area contributed by atoms with Gasteiger partial charge in [-0.25, -0.2) is 4.98 Å². The SMILES string of the molecule is CCC[C@@H](C(=O)NCCc1csc(C)n1)c1ccccc1. The van der Waals surface area contributed by atoms with E-state index in [1.165, 1.54) is 0 Å². The van der Waals surface area contributed by atoms with Crippen LogP contribution in [0.4, 0.5) is 0 Å². The molecule has 1 heterocycles. The van der Waals surface area contributed by atoms with E-state index in [0.717, 1.165) is 35.5 Å². The fourth-order valence-corrected chi connectivity index (χ4v) is 3.03. The number of hydrogen-bond acceptors (Lipinski definition) is 3. The van der Waals surface area contributed by atoms with Gasteiger partial charge >= 0.3 is 0 Å². The fourth-order valence-electron chi connectivity index (χ4n) is 2.38. The summed E-state index contributed by atoms with van der Waals surface area (Å²) in [6.07, 6.45) is 2.67. The van der Waals surface area contributed by atoms with Crippen LogP contribution in [-0.4, -0.2) is 17.4 Å². The highest BCUT2D eigenvalue weighted by Gasteiger charge is 2.18. The third-order valence-electron chi connectivity index (χ3n) is 3.44. The second-order valence-corrected chi connectivity index (χ2v) is 6.21. The van der Waals surface area contributed by atoms with Crippen molar-refractivity contribution in [2.45, 2.75) is 39.0 Å². The van der Waals surface area contributed by atoms with Gasteiger partial charge in [0.1, 0.15) is 0 Å². The normalized spacial score (nSPS) is 12.1. The van der Waals surface area contributed by atoms with E-state index in [1.54, 1.807) is 11.3 Å². The summed E-state index contributed by atoms with van der Waals surface area (Å²) in [6, 6.07) is 10.0. The summed E-state index contributed by atoms with van der Waals surface area (Å²) in [5, 5.41) is 6.18. The Morgan fingerprint density at radius 1 is 1.33 bits per heavy atom. The zero-order valence-corrected chi connectivity index (χ0v) is 13.5. The smallest absolute Gasteiger partial charge is 0.227 e. The minimum atomic E-state index is -0.0478. The van der Waals surface area contributed by atoms with Crippen LogP contribution in [-0.2, 0) is 11.2 Å². The van der Waals surface area contributed by atoms with Gasteiger partial charge in [-0.2, -0.15) is 0 Å². The molecule has 21 heavy (non-hydrogen) atoms. The van der Waals surface area contributed by atoms with Crippen molar-refractivity contribution in [3.8, 4) is 0 Å². The molecule has 0 aliphatic carbocycles. The van der Waals surface area contributed by atoms with E-state index in [9.17, 15) is 4.79 Å². The van der Waals surface area contributed by atoms with Gasteiger partial charge in [-0.1, -0.05) is 43.7 Å². The Balaban J connectivity index is 1.90. The van der Waals surface area contributed by atoms with Crippen LogP contribution < -0.4 is 5.32 Å². The quantitative estimate of drug-likeness (QED) is 0.847. The number of hydrogen-bond donors (Lipinski definition) is 1. The number of amides is 1. The van der Waals surface area contributed by atoms with Gasteiger partial charge in [0.2, 0.25) is 5.91 Å². The molecule has 1 aromatic heterocycles. The molecule has 0 saturated heterocycles. The zero-order chi connectivity index (χ0) is 15.1. The molecule has 1 N–H and O–H groups in total. The Morgan fingerprint density at radius 2 is 2.10 bits per heavy atom. The van der Waals surface area contributed by atoms with Crippen LogP contribution in [0.1, 0.15) is 41.9 Å². The Hall–Kier alpha value is -1.68. The van der Waals surface area contributed by atoms with E-state index in [4.69, 9.17) is 0 Å². The fraction of sp³-hybridized carbons (Fsp3) is 0.412.